The van der Waals surface area contributed by atoms with Crippen molar-refractivity contribution in [1.29, 1.82) is 0 Å². The normalized spacial score (nSPS) is 15.1. The molecule has 1 aromatic heterocycles. The zero-order valence-electron chi connectivity index (χ0n) is 14.3. The van der Waals surface area contributed by atoms with Gasteiger partial charge in [-0.05, 0) is 51.2 Å². The Morgan fingerprint density at radius 1 is 1.29 bits per heavy atom. The molecule has 0 bridgehead atoms. The molecule has 0 aliphatic heterocycles. The maximum Gasteiger partial charge on any atom is 0.340 e. The van der Waals surface area contributed by atoms with Crippen LogP contribution >= 0.6 is 0 Å². The molecule has 0 unspecified atom stereocenters. The van der Waals surface area contributed by atoms with E-state index in [-0.39, 0.29) is 18.6 Å². The summed E-state index contributed by atoms with van der Waals surface area (Å²) in [5.41, 5.74) is 2.73. The first-order chi connectivity index (χ1) is 11.5. The summed E-state index contributed by atoms with van der Waals surface area (Å²) >= 11 is 0. The van der Waals surface area contributed by atoms with Gasteiger partial charge in [0.15, 0.2) is 6.61 Å². The minimum Gasteiger partial charge on any atom is -0.452 e. The Morgan fingerprint density at radius 2 is 2.00 bits per heavy atom. The van der Waals surface area contributed by atoms with Crippen LogP contribution in [0, 0.1) is 19.8 Å². The summed E-state index contributed by atoms with van der Waals surface area (Å²) in [4.78, 5) is 28.8. The van der Waals surface area contributed by atoms with E-state index < -0.39 is 5.97 Å². The zero-order chi connectivity index (χ0) is 17.3. The van der Waals surface area contributed by atoms with E-state index in [1.165, 1.54) is 0 Å². The lowest BCUT2D eigenvalue weighted by Gasteiger charge is -2.14. The third kappa shape index (κ3) is 3.40. The standard InChI is InChI=1S/C19H22N2O3/c1-11-15-6-4-5-7-16(15)20-13(3)18(11)19(23)24-10-17(22)21-12(2)14-8-9-14/h4-7,12,14H,8-10H2,1-3H3,(H,21,22)/t12-/m1/s1. The molecule has 126 valence electrons. The summed E-state index contributed by atoms with van der Waals surface area (Å²) in [7, 11) is 0. The maximum atomic E-state index is 12.4. The predicted octanol–water partition coefficient (Wildman–Crippen LogP) is 2.92. The van der Waals surface area contributed by atoms with Crippen LogP contribution in [0.3, 0.4) is 0 Å². The number of esters is 1. The number of ether oxygens (including phenoxy) is 1. The number of nitrogens with zero attached hydrogens (tertiary/aromatic N) is 1. The largest absolute Gasteiger partial charge is 0.452 e. The molecule has 1 aliphatic carbocycles. The number of nitrogens with one attached hydrogen (secondary N) is 1. The summed E-state index contributed by atoms with van der Waals surface area (Å²) in [5.74, 6) is -0.192. The number of pyridine rings is 1. The van der Waals surface area contributed by atoms with Crippen molar-refractivity contribution in [3.8, 4) is 0 Å². The van der Waals surface area contributed by atoms with Gasteiger partial charge in [-0.25, -0.2) is 4.79 Å². The molecule has 2 aromatic rings. The van der Waals surface area contributed by atoms with E-state index in [2.05, 4.69) is 10.3 Å². The van der Waals surface area contributed by atoms with E-state index in [9.17, 15) is 9.59 Å². The van der Waals surface area contributed by atoms with Gasteiger partial charge in [-0.2, -0.15) is 0 Å². The lowest BCUT2D eigenvalue weighted by Crippen LogP contribution is -2.37. The van der Waals surface area contributed by atoms with E-state index in [1.54, 1.807) is 6.92 Å². The smallest absolute Gasteiger partial charge is 0.340 e. The number of carbonyl (C=O) groups excluding carboxylic acids is 2. The van der Waals surface area contributed by atoms with Gasteiger partial charge in [-0.15, -0.1) is 0 Å². The molecule has 5 nitrogen and oxygen atoms in total. The number of para-hydroxylation sites is 1. The molecule has 1 N–H and O–H groups in total. The first kappa shape index (κ1) is 16.4. The number of hydrogen-bond acceptors (Lipinski definition) is 4. The Kier molecular flexibility index (Phi) is 4.51. The highest BCUT2D eigenvalue weighted by molar-refractivity contribution is 5.99. The molecule has 1 amide bonds. The average molecular weight is 326 g/mol. The summed E-state index contributed by atoms with van der Waals surface area (Å²) in [6.07, 6.45) is 2.31. The summed E-state index contributed by atoms with van der Waals surface area (Å²) in [6.45, 7) is 5.38. The van der Waals surface area contributed by atoms with Crippen LogP contribution in [0.5, 0.6) is 0 Å². The fourth-order valence-electron chi connectivity index (χ4n) is 3.04. The third-order valence-electron chi connectivity index (χ3n) is 4.59. The van der Waals surface area contributed by atoms with Crippen molar-refractivity contribution in [1.82, 2.24) is 10.3 Å². The molecule has 24 heavy (non-hydrogen) atoms. The SMILES string of the molecule is Cc1nc2ccccc2c(C)c1C(=O)OCC(=O)N[C@H](C)C1CC1. The molecular formula is C19H22N2O3. The van der Waals surface area contributed by atoms with Gasteiger partial charge in [0.05, 0.1) is 16.8 Å². The van der Waals surface area contributed by atoms with Gasteiger partial charge in [0.25, 0.3) is 5.91 Å². The van der Waals surface area contributed by atoms with Gasteiger partial charge < -0.3 is 10.1 Å². The first-order valence-corrected chi connectivity index (χ1v) is 8.30. The molecule has 1 saturated carbocycles. The van der Waals surface area contributed by atoms with Gasteiger partial charge in [-0.1, -0.05) is 18.2 Å². The molecule has 1 fully saturated rings. The van der Waals surface area contributed by atoms with E-state index in [0.717, 1.165) is 29.3 Å². The van der Waals surface area contributed by atoms with Gasteiger partial charge >= 0.3 is 5.97 Å². The highest BCUT2D eigenvalue weighted by atomic mass is 16.5. The second kappa shape index (κ2) is 6.59. The van der Waals surface area contributed by atoms with Crippen molar-refractivity contribution in [2.24, 2.45) is 5.92 Å². The Morgan fingerprint density at radius 3 is 2.71 bits per heavy atom. The number of amides is 1. The Balaban J connectivity index is 1.70. The van der Waals surface area contributed by atoms with Crippen molar-refractivity contribution in [3.05, 3.63) is 41.1 Å². The van der Waals surface area contributed by atoms with E-state index in [4.69, 9.17) is 4.74 Å². The Bertz CT molecular complexity index is 797. The molecule has 1 atom stereocenters. The van der Waals surface area contributed by atoms with Crippen LogP contribution in [0.25, 0.3) is 10.9 Å². The number of rotatable bonds is 5. The quantitative estimate of drug-likeness (QED) is 0.858. The number of benzene rings is 1. The number of fused-ring (bicyclic) bond motifs is 1. The highest BCUT2D eigenvalue weighted by Crippen LogP contribution is 2.32. The van der Waals surface area contributed by atoms with Gasteiger partial charge in [0.2, 0.25) is 0 Å². The van der Waals surface area contributed by atoms with E-state index in [1.807, 2.05) is 38.1 Å². The highest BCUT2D eigenvalue weighted by Gasteiger charge is 2.29. The molecule has 0 radical (unpaired) electrons. The van der Waals surface area contributed by atoms with E-state index >= 15 is 0 Å². The topological polar surface area (TPSA) is 68.3 Å². The lowest BCUT2D eigenvalue weighted by molar-refractivity contribution is -0.125. The molecule has 5 heteroatoms. The van der Waals surface area contributed by atoms with Gasteiger partial charge in [-0.3, -0.25) is 9.78 Å². The van der Waals surface area contributed by atoms with Crippen molar-refractivity contribution < 1.29 is 14.3 Å². The number of hydrogen-bond donors (Lipinski definition) is 1. The second-order valence-corrected chi connectivity index (χ2v) is 6.48. The van der Waals surface area contributed by atoms with Crippen LogP contribution in [0.15, 0.2) is 24.3 Å². The first-order valence-electron chi connectivity index (χ1n) is 8.30. The molecule has 0 spiro atoms. The molecule has 0 saturated heterocycles. The second-order valence-electron chi connectivity index (χ2n) is 6.48. The monoisotopic (exact) mass is 326 g/mol. The average Bonchev–Trinajstić information content (AvgIpc) is 3.38. The van der Waals surface area contributed by atoms with E-state index in [0.29, 0.717) is 17.2 Å². The molecule has 1 aromatic carbocycles. The van der Waals surface area contributed by atoms with Crippen LogP contribution in [0.2, 0.25) is 0 Å². The fourth-order valence-corrected chi connectivity index (χ4v) is 3.04. The summed E-state index contributed by atoms with van der Waals surface area (Å²) < 4.78 is 5.21. The number of aromatic nitrogens is 1. The lowest BCUT2D eigenvalue weighted by atomic mass is 10.0. The van der Waals surface area contributed by atoms with Crippen LogP contribution < -0.4 is 5.32 Å². The van der Waals surface area contributed by atoms with Crippen LogP contribution in [0.4, 0.5) is 0 Å². The van der Waals surface area contributed by atoms with Gasteiger partial charge in [0, 0.05) is 11.4 Å². The number of carbonyl (C=O) groups is 2. The Labute approximate surface area is 141 Å². The van der Waals surface area contributed by atoms with Crippen molar-refractivity contribution in [2.45, 2.75) is 39.7 Å². The third-order valence-corrected chi connectivity index (χ3v) is 4.59. The maximum absolute atomic E-state index is 12.4. The van der Waals surface area contributed by atoms with Crippen LogP contribution in [0.1, 0.15) is 41.4 Å². The Hall–Kier alpha value is -2.43. The molecule has 3 rings (SSSR count). The van der Waals surface area contributed by atoms with Crippen molar-refractivity contribution in [2.75, 3.05) is 6.61 Å². The summed E-state index contributed by atoms with van der Waals surface area (Å²) in [5, 5.41) is 3.79. The molecule has 1 heterocycles. The zero-order valence-corrected chi connectivity index (χ0v) is 14.3. The molecule has 1 aliphatic rings. The van der Waals surface area contributed by atoms with Crippen molar-refractivity contribution >= 4 is 22.8 Å². The van der Waals surface area contributed by atoms with Crippen LogP contribution in [-0.2, 0) is 9.53 Å². The van der Waals surface area contributed by atoms with Crippen molar-refractivity contribution in [3.63, 3.8) is 0 Å². The minimum atomic E-state index is -0.502. The van der Waals surface area contributed by atoms with Gasteiger partial charge in [0.1, 0.15) is 0 Å². The van der Waals surface area contributed by atoms with Crippen LogP contribution in [-0.4, -0.2) is 29.5 Å². The predicted molar refractivity (Wildman–Crippen MR) is 91.8 cm³/mol. The fraction of sp³-hybridized carbons (Fsp3) is 0.421. The minimum absolute atomic E-state index is 0.141. The molecular weight excluding hydrogens is 304 g/mol. The number of aryl methyl sites for hydroxylation is 2. The summed E-state index contributed by atoms with van der Waals surface area (Å²) in [6, 6.07) is 7.81.